The second-order valence-electron chi connectivity index (χ2n) is 4.76. The molecular formula is C16H18O2. The van der Waals surface area contributed by atoms with Crippen LogP contribution in [0.15, 0.2) is 30.3 Å². The van der Waals surface area contributed by atoms with Gasteiger partial charge in [-0.2, -0.15) is 0 Å². The first-order valence-electron chi connectivity index (χ1n) is 6.53. The average Bonchev–Trinajstić information content (AvgIpc) is 2.46. The highest BCUT2D eigenvalue weighted by atomic mass is 16.5. The van der Waals surface area contributed by atoms with E-state index < -0.39 is 0 Å². The zero-order valence-corrected chi connectivity index (χ0v) is 10.5. The molecule has 1 aromatic carbocycles. The molecule has 0 aromatic heterocycles. The second-order valence-corrected chi connectivity index (χ2v) is 4.76. The molecular weight excluding hydrogens is 224 g/mol. The number of hydrogen-bond acceptors (Lipinski definition) is 2. The first-order chi connectivity index (χ1) is 8.81. The highest BCUT2D eigenvalue weighted by Gasteiger charge is 2.25. The Morgan fingerprint density at radius 3 is 2.50 bits per heavy atom. The van der Waals surface area contributed by atoms with Gasteiger partial charge in [0, 0.05) is 5.92 Å². The monoisotopic (exact) mass is 242 g/mol. The number of carbonyl (C=O) groups is 1. The van der Waals surface area contributed by atoms with Gasteiger partial charge in [0.25, 0.3) is 0 Å². The van der Waals surface area contributed by atoms with Gasteiger partial charge in [0.1, 0.15) is 0 Å². The summed E-state index contributed by atoms with van der Waals surface area (Å²) in [7, 11) is 0. The fraction of sp³-hybridized carbons (Fsp3) is 0.438. The van der Waals surface area contributed by atoms with Gasteiger partial charge >= 0.3 is 5.97 Å². The molecule has 18 heavy (non-hydrogen) atoms. The summed E-state index contributed by atoms with van der Waals surface area (Å²) in [6, 6.07) is 9.01. The molecule has 1 aromatic rings. The third kappa shape index (κ3) is 3.13. The van der Waals surface area contributed by atoms with Crippen LogP contribution in [0.1, 0.15) is 42.5 Å². The Morgan fingerprint density at radius 1 is 1.22 bits per heavy atom. The summed E-state index contributed by atoms with van der Waals surface area (Å²) in [5.41, 5.74) is 0.563. The van der Waals surface area contributed by atoms with Crippen LogP contribution in [0.2, 0.25) is 0 Å². The molecule has 0 heterocycles. The minimum Gasteiger partial charge on any atom is -0.445 e. The van der Waals surface area contributed by atoms with Gasteiger partial charge in [-0.25, -0.2) is 4.79 Å². The summed E-state index contributed by atoms with van der Waals surface area (Å²) < 4.78 is 5.45. The Bertz CT molecular complexity index is 424. The predicted molar refractivity (Wildman–Crippen MR) is 71.1 cm³/mol. The molecule has 1 fully saturated rings. The molecule has 0 unspecified atom stereocenters. The van der Waals surface area contributed by atoms with Crippen LogP contribution in [-0.4, -0.2) is 12.1 Å². The minimum absolute atomic E-state index is 0.316. The van der Waals surface area contributed by atoms with E-state index in [1.807, 2.05) is 18.2 Å². The number of rotatable bonds is 3. The molecule has 0 radical (unpaired) electrons. The summed E-state index contributed by atoms with van der Waals surface area (Å²) >= 11 is 0. The molecule has 2 heteroatoms. The van der Waals surface area contributed by atoms with Crippen molar-refractivity contribution in [2.45, 2.75) is 38.2 Å². The lowest BCUT2D eigenvalue weighted by Gasteiger charge is -2.26. The molecule has 0 spiro atoms. The first-order valence-corrected chi connectivity index (χ1v) is 6.53. The normalized spacial score (nSPS) is 17.7. The smallest absolute Gasteiger partial charge is 0.339 e. The first kappa shape index (κ1) is 12.7. The van der Waals surface area contributed by atoms with Crippen molar-refractivity contribution < 1.29 is 9.53 Å². The van der Waals surface area contributed by atoms with E-state index in [0.29, 0.717) is 11.5 Å². The fourth-order valence-electron chi connectivity index (χ4n) is 2.46. The van der Waals surface area contributed by atoms with Gasteiger partial charge in [-0.3, -0.25) is 0 Å². The molecule has 1 aliphatic carbocycles. The number of esters is 1. The van der Waals surface area contributed by atoms with Crippen LogP contribution in [0.4, 0.5) is 0 Å². The van der Waals surface area contributed by atoms with Crippen molar-refractivity contribution in [3.63, 3.8) is 0 Å². The Hall–Kier alpha value is -1.75. The molecule has 1 aliphatic rings. The lowest BCUT2D eigenvalue weighted by atomic mass is 9.85. The molecule has 0 saturated heterocycles. The van der Waals surface area contributed by atoms with Crippen molar-refractivity contribution >= 4 is 5.97 Å². The maximum absolute atomic E-state index is 11.9. The van der Waals surface area contributed by atoms with E-state index in [4.69, 9.17) is 11.2 Å². The molecule has 0 amide bonds. The number of terminal acetylenes is 1. The molecule has 2 nitrogen and oxygen atoms in total. The summed E-state index contributed by atoms with van der Waals surface area (Å²) in [6.45, 7) is 0. The zero-order valence-electron chi connectivity index (χ0n) is 10.5. The molecule has 0 bridgehead atoms. The molecule has 1 saturated carbocycles. The van der Waals surface area contributed by atoms with Crippen molar-refractivity contribution in [1.29, 1.82) is 0 Å². The van der Waals surface area contributed by atoms with E-state index in [2.05, 4.69) is 5.92 Å². The van der Waals surface area contributed by atoms with Gasteiger partial charge in [0.15, 0.2) is 6.10 Å². The van der Waals surface area contributed by atoms with Gasteiger partial charge in [0.2, 0.25) is 0 Å². The van der Waals surface area contributed by atoms with E-state index in [9.17, 15) is 4.79 Å². The van der Waals surface area contributed by atoms with Crippen molar-refractivity contribution in [3.8, 4) is 12.3 Å². The van der Waals surface area contributed by atoms with E-state index in [0.717, 1.165) is 12.8 Å². The molecule has 1 atom stereocenters. The highest BCUT2D eigenvalue weighted by Crippen LogP contribution is 2.28. The topological polar surface area (TPSA) is 26.3 Å². The van der Waals surface area contributed by atoms with Crippen molar-refractivity contribution in [2.75, 3.05) is 0 Å². The summed E-state index contributed by atoms with van der Waals surface area (Å²) in [5, 5.41) is 0. The van der Waals surface area contributed by atoms with Gasteiger partial charge in [-0.15, -0.1) is 6.42 Å². The summed E-state index contributed by atoms with van der Waals surface area (Å²) in [4.78, 5) is 11.9. The Balaban J connectivity index is 1.98. The third-order valence-electron chi connectivity index (χ3n) is 3.49. The number of benzene rings is 1. The lowest BCUT2D eigenvalue weighted by molar-refractivity contribution is 0.0252. The summed E-state index contributed by atoms with van der Waals surface area (Å²) in [5.74, 6) is 2.64. The van der Waals surface area contributed by atoms with Gasteiger partial charge < -0.3 is 4.74 Å². The predicted octanol–water partition coefficient (Wildman–Crippen LogP) is 3.43. The van der Waals surface area contributed by atoms with Gasteiger partial charge in [0.05, 0.1) is 5.56 Å². The van der Waals surface area contributed by atoms with Gasteiger partial charge in [-0.05, 0) is 25.0 Å². The van der Waals surface area contributed by atoms with E-state index >= 15 is 0 Å². The second kappa shape index (κ2) is 6.26. The summed E-state index contributed by atoms with van der Waals surface area (Å²) in [6.07, 6.45) is 10.9. The van der Waals surface area contributed by atoms with Crippen molar-refractivity contribution in [2.24, 2.45) is 5.92 Å². The van der Waals surface area contributed by atoms with Crippen LogP contribution in [-0.2, 0) is 4.74 Å². The number of ether oxygens (including phenoxy) is 1. The number of carbonyl (C=O) groups excluding carboxylic acids is 1. The van der Waals surface area contributed by atoms with Crippen molar-refractivity contribution in [3.05, 3.63) is 35.9 Å². The quantitative estimate of drug-likeness (QED) is 0.599. The van der Waals surface area contributed by atoms with Gasteiger partial charge in [-0.1, -0.05) is 43.4 Å². The van der Waals surface area contributed by atoms with Crippen molar-refractivity contribution in [1.82, 2.24) is 0 Å². The standard InChI is InChI=1S/C16H18O2/c1-2-15(13-9-5-3-6-10-13)18-16(17)14-11-7-4-8-12-14/h1,4,7-8,11-13,15H,3,5-6,9-10H2/t15-/m0/s1. The fourth-order valence-corrected chi connectivity index (χ4v) is 2.46. The number of hydrogen-bond donors (Lipinski definition) is 0. The molecule has 2 rings (SSSR count). The van der Waals surface area contributed by atoms with E-state index in [-0.39, 0.29) is 12.1 Å². The highest BCUT2D eigenvalue weighted by molar-refractivity contribution is 5.89. The average molecular weight is 242 g/mol. The Kier molecular flexibility index (Phi) is 4.41. The van der Waals surface area contributed by atoms with Crippen LogP contribution in [0.5, 0.6) is 0 Å². The van der Waals surface area contributed by atoms with E-state index in [1.165, 1.54) is 19.3 Å². The molecule has 0 aliphatic heterocycles. The van der Waals surface area contributed by atoms with E-state index in [1.54, 1.807) is 12.1 Å². The maximum atomic E-state index is 11.9. The SMILES string of the molecule is C#C[C@H](OC(=O)c1ccccc1)C1CCCCC1. The molecule has 94 valence electrons. The maximum Gasteiger partial charge on any atom is 0.339 e. The Morgan fingerprint density at radius 2 is 1.89 bits per heavy atom. The van der Waals surface area contributed by atoms with Crippen LogP contribution in [0.25, 0.3) is 0 Å². The van der Waals surface area contributed by atoms with Crippen LogP contribution in [0, 0.1) is 18.3 Å². The lowest BCUT2D eigenvalue weighted by Crippen LogP contribution is -2.27. The van der Waals surface area contributed by atoms with Crippen LogP contribution >= 0.6 is 0 Å². The van der Waals surface area contributed by atoms with Crippen LogP contribution < -0.4 is 0 Å². The third-order valence-corrected chi connectivity index (χ3v) is 3.49. The van der Waals surface area contributed by atoms with Crippen LogP contribution in [0.3, 0.4) is 0 Å². The minimum atomic E-state index is -0.377. The zero-order chi connectivity index (χ0) is 12.8. The largest absolute Gasteiger partial charge is 0.445 e. The Labute approximate surface area is 108 Å². The molecule has 0 N–H and O–H groups in total.